The van der Waals surface area contributed by atoms with E-state index >= 15 is 0 Å². The van der Waals surface area contributed by atoms with Crippen molar-refractivity contribution in [3.05, 3.63) is 35.4 Å². The molecule has 0 saturated heterocycles. The molecule has 1 rings (SSSR count). The van der Waals surface area contributed by atoms with Gasteiger partial charge in [-0.3, -0.25) is 9.59 Å². The topological polar surface area (TPSA) is 67.8 Å². The Kier molecular flexibility index (Phi) is 6.59. The molecular weight excluding hydrogens is 268 g/mol. The number of aryl methyl sites for hydroxylation is 1. The molecule has 5 heteroatoms. The van der Waals surface area contributed by atoms with E-state index in [2.05, 4.69) is 10.5 Å². The summed E-state index contributed by atoms with van der Waals surface area (Å²) in [5.41, 5.74) is 4.56. The van der Waals surface area contributed by atoms with Crippen LogP contribution in [0, 0.1) is 12.8 Å². The fraction of sp³-hybridized carbons (Fsp3) is 0.438. The van der Waals surface area contributed by atoms with Gasteiger partial charge in [-0.2, -0.15) is 5.10 Å². The summed E-state index contributed by atoms with van der Waals surface area (Å²) in [6.45, 7) is 7.60. The Morgan fingerprint density at radius 2 is 2.05 bits per heavy atom. The van der Waals surface area contributed by atoms with Crippen LogP contribution in [-0.2, 0) is 9.53 Å². The highest BCUT2D eigenvalue weighted by atomic mass is 16.5. The number of rotatable bonds is 6. The molecule has 114 valence electrons. The number of hydrogen-bond donors (Lipinski definition) is 1. The third-order valence-electron chi connectivity index (χ3n) is 3.10. The van der Waals surface area contributed by atoms with E-state index in [1.54, 1.807) is 26.0 Å². The summed E-state index contributed by atoms with van der Waals surface area (Å²) < 4.78 is 4.99. The molecule has 0 aliphatic heterocycles. The molecule has 0 aromatic heterocycles. The van der Waals surface area contributed by atoms with E-state index in [9.17, 15) is 9.59 Å². The predicted octanol–water partition coefficient (Wildman–Crippen LogP) is 2.69. The minimum atomic E-state index is -0.428. The predicted molar refractivity (Wildman–Crippen MR) is 82.2 cm³/mol. The molecular formula is C16H22N2O3. The average molecular weight is 290 g/mol. The number of benzene rings is 1. The molecule has 0 fully saturated rings. The van der Waals surface area contributed by atoms with Crippen LogP contribution in [0.5, 0.6) is 0 Å². The van der Waals surface area contributed by atoms with Gasteiger partial charge < -0.3 is 4.74 Å². The first-order chi connectivity index (χ1) is 9.99. The summed E-state index contributed by atoms with van der Waals surface area (Å²) in [6.07, 6.45) is 0.578. The second-order valence-electron chi connectivity index (χ2n) is 4.78. The number of nitrogens with one attached hydrogen (secondary N) is 1. The van der Waals surface area contributed by atoms with E-state index in [1.807, 2.05) is 26.0 Å². The normalized spacial score (nSPS) is 12.7. The molecule has 0 bridgehead atoms. The second kappa shape index (κ2) is 8.19. The van der Waals surface area contributed by atoms with Gasteiger partial charge in [0.05, 0.1) is 12.5 Å². The molecule has 1 aromatic rings. The van der Waals surface area contributed by atoms with Crippen molar-refractivity contribution in [3.8, 4) is 0 Å². The lowest BCUT2D eigenvalue weighted by atomic mass is 10.0. The number of carbonyl (C=O) groups is 2. The van der Waals surface area contributed by atoms with Gasteiger partial charge >= 0.3 is 5.97 Å². The minimum Gasteiger partial charge on any atom is -0.465 e. The lowest BCUT2D eigenvalue weighted by Gasteiger charge is -2.13. The van der Waals surface area contributed by atoms with Gasteiger partial charge in [0.25, 0.3) is 5.91 Å². The zero-order chi connectivity index (χ0) is 15.8. The van der Waals surface area contributed by atoms with Gasteiger partial charge in [0.2, 0.25) is 0 Å². The first-order valence-corrected chi connectivity index (χ1v) is 7.07. The maximum absolute atomic E-state index is 12.0. The van der Waals surface area contributed by atoms with Crippen LogP contribution in [0.3, 0.4) is 0 Å². The number of nitrogens with zero attached hydrogens (tertiary/aromatic N) is 1. The molecule has 0 saturated carbocycles. The van der Waals surface area contributed by atoms with Crippen LogP contribution in [0.25, 0.3) is 0 Å². The first kappa shape index (κ1) is 16.9. The van der Waals surface area contributed by atoms with Gasteiger partial charge in [-0.1, -0.05) is 24.6 Å². The number of ether oxygens (including phenoxy) is 1. The number of amides is 1. The van der Waals surface area contributed by atoms with E-state index in [4.69, 9.17) is 4.74 Å². The van der Waals surface area contributed by atoms with Crippen molar-refractivity contribution in [1.82, 2.24) is 5.43 Å². The van der Waals surface area contributed by atoms with Crippen LogP contribution in [-0.4, -0.2) is 24.2 Å². The van der Waals surface area contributed by atoms with E-state index in [0.29, 0.717) is 24.3 Å². The molecule has 0 aliphatic rings. The van der Waals surface area contributed by atoms with Gasteiger partial charge in [-0.25, -0.2) is 5.43 Å². The summed E-state index contributed by atoms with van der Waals surface area (Å²) in [7, 11) is 0. The highest BCUT2D eigenvalue weighted by Gasteiger charge is 2.21. The molecule has 0 heterocycles. The number of esters is 1. The summed E-state index contributed by atoms with van der Waals surface area (Å²) >= 11 is 0. The monoisotopic (exact) mass is 290 g/mol. The lowest BCUT2D eigenvalue weighted by Crippen LogP contribution is -2.27. The second-order valence-corrected chi connectivity index (χ2v) is 4.78. The zero-order valence-corrected chi connectivity index (χ0v) is 13.0. The molecule has 5 nitrogen and oxygen atoms in total. The van der Waals surface area contributed by atoms with Crippen LogP contribution >= 0.6 is 0 Å². The lowest BCUT2D eigenvalue weighted by molar-refractivity contribution is -0.145. The first-order valence-electron chi connectivity index (χ1n) is 7.07. The molecule has 1 amide bonds. The van der Waals surface area contributed by atoms with Crippen molar-refractivity contribution in [1.29, 1.82) is 0 Å². The van der Waals surface area contributed by atoms with Crippen LogP contribution in [0.15, 0.2) is 29.4 Å². The van der Waals surface area contributed by atoms with Gasteiger partial charge in [-0.05, 0) is 39.3 Å². The van der Waals surface area contributed by atoms with Crippen LogP contribution in [0.2, 0.25) is 0 Å². The molecule has 1 N–H and O–H groups in total. The number of hydrogen-bond acceptors (Lipinski definition) is 4. The fourth-order valence-electron chi connectivity index (χ4n) is 1.94. The Balaban J connectivity index is 2.74. The van der Waals surface area contributed by atoms with Gasteiger partial charge in [0.1, 0.15) is 0 Å². The Labute approximate surface area is 125 Å². The Hall–Kier alpha value is -2.17. The molecule has 1 aromatic carbocycles. The zero-order valence-electron chi connectivity index (χ0n) is 13.0. The van der Waals surface area contributed by atoms with Gasteiger partial charge in [0, 0.05) is 11.3 Å². The van der Waals surface area contributed by atoms with Crippen LogP contribution < -0.4 is 5.43 Å². The standard InChI is InChI=1S/C16H22N2O3/c1-5-14(16(20)21-6-2)12(4)17-18-15(19)13-9-7-8-11(3)10-13/h7-10,14H,5-6H2,1-4H3,(H,18,19)/b17-12+/t14-/m0/s1. The molecule has 0 aliphatic carbocycles. The number of hydrazone groups is 1. The van der Waals surface area contributed by atoms with E-state index in [1.165, 1.54) is 0 Å². The third-order valence-corrected chi connectivity index (χ3v) is 3.10. The van der Waals surface area contributed by atoms with E-state index < -0.39 is 5.92 Å². The molecule has 0 radical (unpaired) electrons. The highest BCUT2D eigenvalue weighted by molar-refractivity contribution is 6.02. The summed E-state index contributed by atoms with van der Waals surface area (Å²) in [4.78, 5) is 23.7. The number of carbonyl (C=O) groups excluding carboxylic acids is 2. The largest absolute Gasteiger partial charge is 0.465 e. The maximum Gasteiger partial charge on any atom is 0.314 e. The van der Waals surface area contributed by atoms with Gasteiger partial charge in [0.15, 0.2) is 0 Å². The van der Waals surface area contributed by atoms with Crippen LogP contribution in [0.1, 0.15) is 43.1 Å². The third kappa shape index (κ3) is 5.02. The highest BCUT2D eigenvalue weighted by Crippen LogP contribution is 2.08. The molecule has 1 atom stereocenters. The van der Waals surface area contributed by atoms with E-state index in [0.717, 1.165) is 5.56 Å². The van der Waals surface area contributed by atoms with Crippen molar-refractivity contribution in [2.45, 2.75) is 34.1 Å². The van der Waals surface area contributed by atoms with Gasteiger partial charge in [-0.15, -0.1) is 0 Å². The van der Waals surface area contributed by atoms with Crippen molar-refractivity contribution in [2.75, 3.05) is 6.61 Å². The van der Waals surface area contributed by atoms with Crippen LogP contribution in [0.4, 0.5) is 0 Å². The summed E-state index contributed by atoms with van der Waals surface area (Å²) in [5.74, 6) is -1.04. The minimum absolute atomic E-state index is 0.295. The van der Waals surface area contributed by atoms with Crippen molar-refractivity contribution in [3.63, 3.8) is 0 Å². The van der Waals surface area contributed by atoms with Crippen molar-refractivity contribution >= 4 is 17.6 Å². The fourth-order valence-corrected chi connectivity index (χ4v) is 1.94. The summed E-state index contributed by atoms with van der Waals surface area (Å²) in [6, 6.07) is 7.23. The molecule has 0 spiro atoms. The average Bonchev–Trinajstić information content (AvgIpc) is 2.45. The van der Waals surface area contributed by atoms with Crippen molar-refractivity contribution in [2.24, 2.45) is 11.0 Å². The smallest absolute Gasteiger partial charge is 0.314 e. The van der Waals surface area contributed by atoms with Crippen molar-refractivity contribution < 1.29 is 14.3 Å². The maximum atomic E-state index is 12.0. The Morgan fingerprint density at radius 3 is 2.62 bits per heavy atom. The Bertz CT molecular complexity index is 538. The summed E-state index contributed by atoms with van der Waals surface area (Å²) in [5, 5.41) is 4.02. The quantitative estimate of drug-likeness (QED) is 0.497. The molecule has 21 heavy (non-hydrogen) atoms. The van der Waals surface area contributed by atoms with E-state index in [-0.39, 0.29) is 11.9 Å². The SMILES string of the molecule is CCOC(=O)[C@@H](CC)/C(C)=N/NC(=O)c1cccc(C)c1. The molecule has 0 unspecified atom stereocenters. The Morgan fingerprint density at radius 1 is 1.33 bits per heavy atom.